The molecule has 5 nitrogen and oxygen atoms in total. The smallest absolute Gasteiger partial charge is 0.280 e. The Kier molecular flexibility index (Phi) is 4.20. The highest BCUT2D eigenvalue weighted by molar-refractivity contribution is 9.09. The Bertz CT molecular complexity index is 694. The molecule has 0 saturated heterocycles. The molecule has 2 aromatic carbocycles. The summed E-state index contributed by atoms with van der Waals surface area (Å²) < 4.78 is -0.897. The van der Waals surface area contributed by atoms with E-state index in [0.717, 1.165) is 0 Å². The van der Waals surface area contributed by atoms with E-state index < -0.39 is 9.37 Å². The zero-order valence-electron chi connectivity index (χ0n) is 11.2. The summed E-state index contributed by atoms with van der Waals surface area (Å²) in [6.45, 7) is 1.67. The van der Waals surface area contributed by atoms with E-state index >= 15 is 0 Å². The van der Waals surface area contributed by atoms with Gasteiger partial charge in [-0.15, -0.1) is 0 Å². The zero-order chi connectivity index (χ0) is 15.6. The lowest BCUT2D eigenvalue weighted by atomic mass is 9.98. The van der Waals surface area contributed by atoms with Crippen LogP contribution in [0.3, 0.4) is 0 Å². The van der Waals surface area contributed by atoms with E-state index in [4.69, 9.17) is 5.73 Å². The van der Waals surface area contributed by atoms with Crippen molar-refractivity contribution >= 4 is 27.4 Å². The van der Waals surface area contributed by atoms with Gasteiger partial charge in [0, 0.05) is 11.6 Å². The van der Waals surface area contributed by atoms with Gasteiger partial charge in [-0.3, -0.25) is 14.9 Å². The van der Waals surface area contributed by atoms with E-state index in [1.165, 1.54) is 12.1 Å². The van der Waals surface area contributed by atoms with Crippen molar-refractivity contribution in [1.29, 1.82) is 0 Å². The standard InChI is InChI=1S/C15H13BrN2O3/c1-15(16,17)11-7-8-12(13(9-11)18(20)21)14(19)10-5-3-2-4-6-10/h2-9H,17H2,1H3. The average molecular weight is 349 g/mol. The molecule has 0 spiro atoms. The van der Waals surface area contributed by atoms with Crippen molar-refractivity contribution in [3.05, 3.63) is 75.3 Å². The van der Waals surface area contributed by atoms with Crippen molar-refractivity contribution < 1.29 is 9.72 Å². The first-order valence-corrected chi connectivity index (χ1v) is 6.96. The van der Waals surface area contributed by atoms with Gasteiger partial charge in [-0.05, 0) is 18.6 Å². The quantitative estimate of drug-likeness (QED) is 0.302. The van der Waals surface area contributed by atoms with Crippen LogP contribution in [0.1, 0.15) is 28.4 Å². The fourth-order valence-corrected chi connectivity index (χ4v) is 2.17. The van der Waals surface area contributed by atoms with Crippen LogP contribution in [0, 0.1) is 10.1 Å². The molecule has 0 bridgehead atoms. The van der Waals surface area contributed by atoms with Crippen LogP contribution in [0.15, 0.2) is 48.5 Å². The number of carbonyl (C=O) groups excluding carboxylic acids is 1. The summed E-state index contributed by atoms with van der Waals surface area (Å²) in [7, 11) is 0. The fraction of sp³-hybridized carbons (Fsp3) is 0.133. The molecular weight excluding hydrogens is 336 g/mol. The van der Waals surface area contributed by atoms with Gasteiger partial charge in [-0.25, -0.2) is 0 Å². The van der Waals surface area contributed by atoms with Crippen LogP contribution in [-0.2, 0) is 4.45 Å². The first-order chi connectivity index (χ1) is 9.80. The summed E-state index contributed by atoms with van der Waals surface area (Å²) >= 11 is 3.25. The maximum Gasteiger partial charge on any atom is 0.280 e. The Morgan fingerprint density at radius 1 is 1.24 bits per heavy atom. The lowest BCUT2D eigenvalue weighted by molar-refractivity contribution is -0.385. The van der Waals surface area contributed by atoms with Gasteiger partial charge in [0.25, 0.3) is 5.69 Å². The molecule has 0 aromatic heterocycles. The third-order valence-electron chi connectivity index (χ3n) is 3.04. The number of nitrogens with two attached hydrogens (primary N) is 1. The summed E-state index contributed by atoms with van der Waals surface area (Å²) in [5.74, 6) is -0.387. The average Bonchev–Trinajstić information content (AvgIpc) is 2.45. The number of nitro groups is 1. The topological polar surface area (TPSA) is 86.2 Å². The Labute approximate surface area is 130 Å². The molecule has 0 fully saturated rings. The number of alkyl halides is 1. The van der Waals surface area contributed by atoms with Crippen molar-refractivity contribution in [3.63, 3.8) is 0 Å². The lowest BCUT2D eigenvalue weighted by Gasteiger charge is -2.17. The number of benzene rings is 2. The zero-order valence-corrected chi connectivity index (χ0v) is 12.8. The van der Waals surface area contributed by atoms with Gasteiger partial charge in [-0.1, -0.05) is 52.3 Å². The molecule has 2 rings (SSSR count). The molecule has 0 radical (unpaired) electrons. The number of rotatable bonds is 4. The van der Waals surface area contributed by atoms with Gasteiger partial charge >= 0.3 is 0 Å². The maximum absolute atomic E-state index is 12.4. The molecular formula is C15H13BrN2O3. The summed E-state index contributed by atoms with van der Waals surface area (Å²) in [6.07, 6.45) is 0. The first-order valence-electron chi connectivity index (χ1n) is 6.17. The Morgan fingerprint density at radius 2 is 1.86 bits per heavy atom. The second-order valence-electron chi connectivity index (χ2n) is 4.76. The van der Waals surface area contributed by atoms with Crippen LogP contribution < -0.4 is 5.73 Å². The number of hydrogen-bond donors (Lipinski definition) is 1. The van der Waals surface area contributed by atoms with E-state index in [0.29, 0.717) is 11.1 Å². The third kappa shape index (κ3) is 3.34. The highest BCUT2D eigenvalue weighted by Crippen LogP contribution is 2.30. The molecule has 2 aromatic rings. The second kappa shape index (κ2) is 5.75. The van der Waals surface area contributed by atoms with Gasteiger partial charge < -0.3 is 5.73 Å². The van der Waals surface area contributed by atoms with Crippen molar-refractivity contribution in [2.45, 2.75) is 11.4 Å². The monoisotopic (exact) mass is 348 g/mol. The molecule has 0 heterocycles. The molecule has 108 valence electrons. The van der Waals surface area contributed by atoms with Crippen LogP contribution in [0.5, 0.6) is 0 Å². The van der Waals surface area contributed by atoms with Crippen LogP contribution >= 0.6 is 15.9 Å². The summed E-state index contributed by atoms with van der Waals surface area (Å²) in [5.41, 5.74) is 6.60. The van der Waals surface area contributed by atoms with Crippen LogP contribution in [-0.4, -0.2) is 10.7 Å². The predicted octanol–water partition coefficient (Wildman–Crippen LogP) is 3.35. The molecule has 2 N–H and O–H groups in total. The Hall–Kier alpha value is -2.05. The van der Waals surface area contributed by atoms with Crippen LogP contribution in [0.4, 0.5) is 5.69 Å². The number of nitro benzene ring substituents is 1. The highest BCUT2D eigenvalue weighted by Gasteiger charge is 2.25. The van der Waals surface area contributed by atoms with E-state index in [1.54, 1.807) is 43.3 Å². The molecule has 0 aliphatic heterocycles. The molecule has 0 amide bonds. The van der Waals surface area contributed by atoms with Gasteiger partial charge in [-0.2, -0.15) is 0 Å². The van der Waals surface area contributed by atoms with E-state index in [9.17, 15) is 14.9 Å². The molecule has 0 aliphatic rings. The summed E-state index contributed by atoms with van der Waals surface area (Å²) in [5, 5.41) is 11.2. The summed E-state index contributed by atoms with van der Waals surface area (Å²) in [6, 6.07) is 12.8. The number of carbonyl (C=O) groups is 1. The van der Waals surface area contributed by atoms with Crippen molar-refractivity contribution in [3.8, 4) is 0 Å². The normalized spacial score (nSPS) is 13.5. The Morgan fingerprint density at radius 3 is 2.38 bits per heavy atom. The lowest BCUT2D eigenvalue weighted by Crippen LogP contribution is -2.25. The highest BCUT2D eigenvalue weighted by atomic mass is 79.9. The van der Waals surface area contributed by atoms with Crippen molar-refractivity contribution in [2.24, 2.45) is 5.73 Å². The number of halogens is 1. The van der Waals surface area contributed by atoms with E-state index in [1.807, 2.05) is 0 Å². The minimum atomic E-state index is -0.897. The second-order valence-corrected chi connectivity index (χ2v) is 6.41. The van der Waals surface area contributed by atoms with Crippen molar-refractivity contribution in [1.82, 2.24) is 0 Å². The number of ketones is 1. The van der Waals surface area contributed by atoms with Crippen LogP contribution in [0.25, 0.3) is 0 Å². The third-order valence-corrected chi connectivity index (χ3v) is 3.50. The predicted molar refractivity (Wildman–Crippen MR) is 83.4 cm³/mol. The van der Waals surface area contributed by atoms with Gasteiger partial charge in [0.2, 0.25) is 0 Å². The molecule has 1 atom stereocenters. The minimum Gasteiger partial charge on any atom is -0.313 e. The SMILES string of the molecule is CC(N)(Br)c1ccc(C(=O)c2ccccc2)c([N+](=O)[O-])c1. The Balaban J connectivity index is 2.54. The fourth-order valence-electron chi connectivity index (χ4n) is 1.92. The van der Waals surface area contributed by atoms with Gasteiger partial charge in [0.05, 0.1) is 9.37 Å². The molecule has 1 unspecified atom stereocenters. The van der Waals surface area contributed by atoms with E-state index in [-0.39, 0.29) is 17.0 Å². The van der Waals surface area contributed by atoms with Gasteiger partial charge in [0.1, 0.15) is 5.56 Å². The van der Waals surface area contributed by atoms with Gasteiger partial charge in [0.15, 0.2) is 5.78 Å². The number of nitrogens with zero attached hydrogens (tertiary/aromatic N) is 1. The molecule has 0 saturated carbocycles. The maximum atomic E-state index is 12.4. The number of hydrogen-bond acceptors (Lipinski definition) is 4. The molecule has 21 heavy (non-hydrogen) atoms. The minimum absolute atomic E-state index is 0.0479. The first kappa shape index (κ1) is 15.3. The van der Waals surface area contributed by atoms with E-state index in [2.05, 4.69) is 15.9 Å². The molecule has 0 aliphatic carbocycles. The largest absolute Gasteiger partial charge is 0.313 e. The van der Waals surface area contributed by atoms with Crippen LogP contribution in [0.2, 0.25) is 0 Å². The van der Waals surface area contributed by atoms with Crippen molar-refractivity contribution in [2.75, 3.05) is 0 Å². The molecule has 6 heteroatoms. The summed E-state index contributed by atoms with van der Waals surface area (Å²) in [4.78, 5) is 23.0.